The fraction of sp³-hybridized carbons (Fsp3) is 0.889. The van der Waals surface area contributed by atoms with Crippen molar-refractivity contribution in [2.75, 3.05) is 0 Å². The predicted molar refractivity (Wildman–Crippen MR) is 48.3 cm³/mol. The minimum absolute atomic E-state index is 0.421. The number of nitrogens with zero attached hydrogens (tertiary/aromatic N) is 1. The zero-order chi connectivity index (χ0) is 8.55. The van der Waals surface area contributed by atoms with Crippen molar-refractivity contribution in [2.45, 2.75) is 50.8 Å². The normalized spacial score (nSPS) is 36.7. The van der Waals surface area contributed by atoms with E-state index in [4.69, 9.17) is 0 Å². The molecule has 3 nitrogen and oxygen atoms in total. The first-order chi connectivity index (χ1) is 5.77. The summed E-state index contributed by atoms with van der Waals surface area (Å²) in [7, 11) is 0. The average molecular weight is 168 g/mol. The molecule has 0 saturated heterocycles. The van der Waals surface area contributed by atoms with E-state index in [9.17, 15) is 5.11 Å². The summed E-state index contributed by atoms with van der Waals surface area (Å²) >= 11 is 0. The molecule has 0 spiro atoms. The van der Waals surface area contributed by atoms with E-state index < -0.39 is 6.10 Å². The first-order valence-corrected chi connectivity index (χ1v) is 4.79. The van der Waals surface area contributed by atoms with Crippen LogP contribution in [0.5, 0.6) is 0 Å². The molecule has 0 aromatic carbocycles. The molecule has 0 amide bonds. The lowest BCUT2D eigenvalue weighted by molar-refractivity contribution is 0.257. The molecule has 12 heavy (non-hydrogen) atoms. The van der Waals surface area contributed by atoms with E-state index in [0.717, 1.165) is 5.84 Å². The molecule has 0 aromatic heterocycles. The summed E-state index contributed by atoms with van der Waals surface area (Å²) in [5, 5.41) is 12.6. The number of hydrogen-bond acceptors (Lipinski definition) is 3. The Morgan fingerprint density at radius 2 is 2.25 bits per heavy atom. The molecular formula is C9H16N2O. The number of aliphatic hydroxyl groups is 1. The Bertz CT molecular complexity index is 201. The molecule has 1 aliphatic carbocycles. The molecule has 68 valence electrons. The van der Waals surface area contributed by atoms with Crippen molar-refractivity contribution < 1.29 is 5.11 Å². The van der Waals surface area contributed by atoms with E-state index in [2.05, 4.69) is 10.3 Å². The van der Waals surface area contributed by atoms with Crippen molar-refractivity contribution in [3.63, 3.8) is 0 Å². The molecule has 1 aliphatic heterocycles. The lowest BCUT2D eigenvalue weighted by Crippen LogP contribution is -2.39. The summed E-state index contributed by atoms with van der Waals surface area (Å²) in [6.45, 7) is 1.77. The number of aliphatic hydroxyl groups excluding tert-OH is 1. The van der Waals surface area contributed by atoms with Crippen LogP contribution in [0.15, 0.2) is 4.99 Å². The third-order valence-electron chi connectivity index (χ3n) is 2.76. The van der Waals surface area contributed by atoms with Crippen LogP contribution in [0.2, 0.25) is 0 Å². The van der Waals surface area contributed by atoms with E-state index in [0.29, 0.717) is 12.1 Å². The largest absolute Gasteiger partial charge is 0.386 e. The van der Waals surface area contributed by atoms with Crippen LogP contribution in [0.4, 0.5) is 0 Å². The Labute approximate surface area is 72.9 Å². The van der Waals surface area contributed by atoms with Gasteiger partial charge >= 0.3 is 0 Å². The Morgan fingerprint density at radius 1 is 1.50 bits per heavy atom. The van der Waals surface area contributed by atoms with Gasteiger partial charge in [0.15, 0.2) is 0 Å². The SMILES string of the molecule is C[C@@H](O)C1=N[C@@H]2CCCC[C@H]2N1. The Balaban J connectivity index is 2.04. The topological polar surface area (TPSA) is 44.6 Å². The summed E-state index contributed by atoms with van der Waals surface area (Å²) < 4.78 is 0. The van der Waals surface area contributed by atoms with E-state index >= 15 is 0 Å². The smallest absolute Gasteiger partial charge is 0.126 e. The van der Waals surface area contributed by atoms with Gasteiger partial charge in [-0.3, -0.25) is 4.99 Å². The number of amidine groups is 1. The molecule has 0 bridgehead atoms. The van der Waals surface area contributed by atoms with Crippen LogP contribution in [0.1, 0.15) is 32.6 Å². The third-order valence-corrected chi connectivity index (χ3v) is 2.76. The molecule has 2 aliphatic rings. The molecule has 3 heteroatoms. The summed E-state index contributed by atoms with van der Waals surface area (Å²) in [5.74, 6) is 0.798. The van der Waals surface area contributed by atoms with E-state index in [1.54, 1.807) is 6.92 Å². The van der Waals surface area contributed by atoms with Crippen LogP contribution >= 0.6 is 0 Å². The van der Waals surface area contributed by atoms with Crippen LogP contribution in [-0.2, 0) is 0 Å². The van der Waals surface area contributed by atoms with Gasteiger partial charge in [0, 0.05) is 6.04 Å². The fourth-order valence-corrected chi connectivity index (χ4v) is 2.07. The Morgan fingerprint density at radius 3 is 2.92 bits per heavy atom. The second kappa shape index (κ2) is 3.05. The van der Waals surface area contributed by atoms with E-state index in [-0.39, 0.29) is 0 Å². The first kappa shape index (κ1) is 8.05. The maximum atomic E-state index is 9.31. The molecule has 2 N–H and O–H groups in total. The molecule has 3 atom stereocenters. The van der Waals surface area contributed by atoms with Gasteiger partial charge in [-0.1, -0.05) is 12.8 Å². The zero-order valence-electron chi connectivity index (χ0n) is 7.45. The van der Waals surface area contributed by atoms with Gasteiger partial charge in [-0.15, -0.1) is 0 Å². The van der Waals surface area contributed by atoms with E-state index in [1.165, 1.54) is 25.7 Å². The molecule has 1 saturated carbocycles. The predicted octanol–water partition coefficient (Wildman–Crippen LogP) is 0.680. The summed E-state index contributed by atoms with van der Waals surface area (Å²) in [6.07, 6.45) is 4.57. The Kier molecular flexibility index (Phi) is 2.05. The monoisotopic (exact) mass is 168 g/mol. The van der Waals surface area contributed by atoms with Crippen LogP contribution in [-0.4, -0.2) is 29.1 Å². The maximum Gasteiger partial charge on any atom is 0.126 e. The van der Waals surface area contributed by atoms with Gasteiger partial charge in [0.2, 0.25) is 0 Å². The third kappa shape index (κ3) is 1.33. The molecule has 0 radical (unpaired) electrons. The van der Waals surface area contributed by atoms with E-state index in [1.807, 2.05) is 0 Å². The van der Waals surface area contributed by atoms with Crippen molar-refractivity contribution in [2.24, 2.45) is 4.99 Å². The van der Waals surface area contributed by atoms with Crippen LogP contribution in [0.25, 0.3) is 0 Å². The number of nitrogens with one attached hydrogen (secondary N) is 1. The van der Waals surface area contributed by atoms with Gasteiger partial charge in [-0.2, -0.15) is 0 Å². The summed E-state index contributed by atoms with van der Waals surface area (Å²) in [6, 6.07) is 0.965. The van der Waals surface area contributed by atoms with Gasteiger partial charge in [0.25, 0.3) is 0 Å². The van der Waals surface area contributed by atoms with Gasteiger partial charge in [0.05, 0.1) is 6.04 Å². The van der Waals surface area contributed by atoms with Crippen molar-refractivity contribution >= 4 is 5.84 Å². The average Bonchev–Trinajstić information content (AvgIpc) is 2.46. The van der Waals surface area contributed by atoms with Gasteiger partial charge in [-0.05, 0) is 19.8 Å². The Hall–Kier alpha value is -0.570. The second-order valence-electron chi connectivity index (χ2n) is 3.79. The molecule has 1 fully saturated rings. The molecule has 0 aromatic rings. The minimum Gasteiger partial charge on any atom is -0.386 e. The first-order valence-electron chi connectivity index (χ1n) is 4.79. The highest BCUT2D eigenvalue weighted by atomic mass is 16.3. The minimum atomic E-state index is -0.421. The highest BCUT2D eigenvalue weighted by Gasteiger charge is 2.31. The van der Waals surface area contributed by atoms with Crippen molar-refractivity contribution in [1.82, 2.24) is 5.32 Å². The van der Waals surface area contributed by atoms with Gasteiger partial charge < -0.3 is 10.4 Å². The van der Waals surface area contributed by atoms with Gasteiger partial charge in [0.1, 0.15) is 11.9 Å². The molecule has 1 heterocycles. The lowest BCUT2D eigenvalue weighted by Gasteiger charge is -2.23. The van der Waals surface area contributed by atoms with Crippen molar-refractivity contribution in [3.8, 4) is 0 Å². The quantitative estimate of drug-likeness (QED) is 0.604. The summed E-state index contributed by atoms with van der Waals surface area (Å²) in [5.41, 5.74) is 0. The lowest BCUT2D eigenvalue weighted by atomic mass is 9.92. The van der Waals surface area contributed by atoms with Crippen LogP contribution in [0, 0.1) is 0 Å². The second-order valence-corrected chi connectivity index (χ2v) is 3.79. The maximum absolute atomic E-state index is 9.31. The molecule has 0 unspecified atom stereocenters. The number of hydrogen-bond donors (Lipinski definition) is 2. The molecule has 2 rings (SSSR count). The number of rotatable bonds is 1. The van der Waals surface area contributed by atoms with Crippen molar-refractivity contribution in [1.29, 1.82) is 0 Å². The van der Waals surface area contributed by atoms with Crippen molar-refractivity contribution in [3.05, 3.63) is 0 Å². The van der Waals surface area contributed by atoms with Crippen LogP contribution < -0.4 is 5.32 Å². The number of fused-ring (bicyclic) bond motifs is 1. The highest BCUT2D eigenvalue weighted by molar-refractivity contribution is 5.88. The standard InChI is InChI=1S/C9H16N2O/c1-6(12)9-10-7-4-2-3-5-8(7)11-9/h6-8,12H,2-5H2,1H3,(H,10,11)/t6-,7-,8-/m1/s1. The highest BCUT2D eigenvalue weighted by Crippen LogP contribution is 2.24. The zero-order valence-corrected chi connectivity index (χ0v) is 7.45. The summed E-state index contributed by atoms with van der Waals surface area (Å²) in [4.78, 5) is 4.47. The van der Waals surface area contributed by atoms with Crippen LogP contribution in [0.3, 0.4) is 0 Å². The molecular weight excluding hydrogens is 152 g/mol. The fourth-order valence-electron chi connectivity index (χ4n) is 2.07. The van der Waals surface area contributed by atoms with Gasteiger partial charge in [-0.25, -0.2) is 0 Å². The number of aliphatic imine (C=N–C) groups is 1.